The zero-order valence-electron chi connectivity index (χ0n) is 9.88. The van der Waals surface area contributed by atoms with Gasteiger partial charge in [-0.3, -0.25) is 29.4 Å². The Morgan fingerprint density at radius 1 is 1.00 bits per heavy atom. The van der Waals surface area contributed by atoms with E-state index in [9.17, 15) is 19.2 Å². The highest BCUT2D eigenvalue weighted by Gasteiger charge is 2.44. The van der Waals surface area contributed by atoms with Crippen LogP contribution in [-0.2, 0) is 9.59 Å². The average Bonchev–Trinajstić information content (AvgIpc) is 2.64. The standard InChI is InChI=1S/C13H10N2O4/c16-10-6-5-9(11(17)14-10)15-12(18)7-3-1-2-4-8(7)13(15)19/h1-4,9H,5-6H2,(H,14,16,17)/i5+1,6+1,9+1,11+1. The van der Waals surface area contributed by atoms with Gasteiger partial charge in [0.1, 0.15) is 6.04 Å². The van der Waals surface area contributed by atoms with Crippen LogP contribution in [0.25, 0.3) is 0 Å². The Morgan fingerprint density at radius 3 is 2.11 bits per heavy atom. The monoisotopic (exact) mass is 262 g/mol. The van der Waals surface area contributed by atoms with E-state index in [2.05, 4.69) is 5.32 Å². The summed E-state index contributed by atoms with van der Waals surface area (Å²) in [6.07, 6.45) is 0.306. The number of nitrogens with one attached hydrogen (secondary N) is 1. The molecule has 0 radical (unpaired) electrons. The van der Waals surface area contributed by atoms with Gasteiger partial charge in [0.15, 0.2) is 0 Å². The van der Waals surface area contributed by atoms with E-state index in [1.807, 2.05) is 0 Å². The number of fused-ring (bicyclic) bond motifs is 1. The summed E-state index contributed by atoms with van der Waals surface area (Å²) in [5, 5.41) is 2.15. The number of carbonyl (C=O) groups is 4. The third-order valence-electron chi connectivity index (χ3n) is 3.35. The number of amides is 4. The third kappa shape index (κ3) is 1.64. The minimum absolute atomic E-state index is 0.129. The second kappa shape index (κ2) is 4.01. The number of rotatable bonds is 1. The van der Waals surface area contributed by atoms with Crippen LogP contribution in [0.2, 0.25) is 0 Å². The van der Waals surface area contributed by atoms with Crippen molar-refractivity contribution in [1.29, 1.82) is 0 Å². The molecule has 2 aliphatic rings. The summed E-state index contributed by atoms with van der Waals surface area (Å²) in [7, 11) is 0. The van der Waals surface area contributed by atoms with Crippen LogP contribution in [-0.4, -0.2) is 34.6 Å². The van der Waals surface area contributed by atoms with Crippen molar-refractivity contribution in [2.75, 3.05) is 0 Å². The molecule has 19 heavy (non-hydrogen) atoms. The van der Waals surface area contributed by atoms with E-state index in [0.717, 1.165) is 4.90 Å². The lowest BCUT2D eigenvalue weighted by molar-refractivity contribution is -0.136. The smallest absolute Gasteiger partial charge is 0.262 e. The van der Waals surface area contributed by atoms with Crippen LogP contribution in [0.3, 0.4) is 0 Å². The fourth-order valence-electron chi connectivity index (χ4n) is 2.42. The highest BCUT2D eigenvalue weighted by atomic mass is 16.2. The Labute approximate surface area is 108 Å². The van der Waals surface area contributed by atoms with E-state index in [-0.39, 0.29) is 18.7 Å². The summed E-state index contributed by atoms with van der Waals surface area (Å²) in [4.78, 5) is 48.1. The summed E-state index contributed by atoms with van der Waals surface area (Å²) < 4.78 is 0. The molecule has 0 spiro atoms. The molecule has 4 amide bonds. The fourth-order valence-corrected chi connectivity index (χ4v) is 2.42. The zero-order valence-corrected chi connectivity index (χ0v) is 9.88. The second-order valence-corrected chi connectivity index (χ2v) is 4.49. The van der Waals surface area contributed by atoms with Crippen LogP contribution in [0.1, 0.15) is 33.6 Å². The molecule has 1 atom stereocenters. The van der Waals surface area contributed by atoms with Crippen LogP contribution in [0.15, 0.2) is 24.3 Å². The molecule has 2 heterocycles. The van der Waals surface area contributed by atoms with Gasteiger partial charge in [-0.1, -0.05) is 12.1 Å². The van der Waals surface area contributed by atoms with Gasteiger partial charge in [-0.25, -0.2) is 0 Å². The molecule has 6 heteroatoms. The fraction of sp³-hybridized carbons (Fsp3) is 0.231. The number of carbonyl (C=O) groups excluding carboxylic acids is 4. The van der Waals surface area contributed by atoms with Gasteiger partial charge < -0.3 is 0 Å². The van der Waals surface area contributed by atoms with Crippen molar-refractivity contribution in [2.45, 2.75) is 18.9 Å². The first-order chi connectivity index (χ1) is 9.09. The largest absolute Gasteiger partial charge is 0.295 e. The summed E-state index contributed by atoms with van der Waals surface area (Å²) in [5.74, 6) is -1.92. The summed E-state index contributed by atoms with van der Waals surface area (Å²) in [6.45, 7) is 0. The molecule has 1 aromatic carbocycles. The van der Waals surface area contributed by atoms with Gasteiger partial charge >= 0.3 is 0 Å². The molecule has 0 bridgehead atoms. The molecular formula is C13H10N2O4. The van der Waals surface area contributed by atoms with E-state index in [1.165, 1.54) is 0 Å². The summed E-state index contributed by atoms with van der Waals surface area (Å²) in [6, 6.07) is 5.55. The molecule has 3 rings (SSSR count). The molecule has 0 aromatic heterocycles. The van der Waals surface area contributed by atoms with E-state index < -0.39 is 23.8 Å². The lowest BCUT2D eigenvalue weighted by Gasteiger charge is -2.27. The predicted octanol–water partition coefficient (Wildman–Crippen LogP) is 0.0878. The topological polar surface area (TPSA) is 83.6 Å². The highest BCUT2D eigenvalue weighted by molar-refractivity contribution is 6.23. The minimum Gasteiger partial charge on any atom is -0.295 e. The van der Waals surface area contributed by atoms with Gasteiger partial charge in [-0.2, -0.15) is 0 Å². The molecule has 0 saturated carbocycles. The van der Waals surface area contributed by atoms with E-state index >= 15 is 0 Å². The molecule has 1 saturated heterocycles. The Balaban J connectivity index is 1.96. The average molecular weight is 262 g/mol. The molecule has 6 nitrogen and oxygen atoms in total. The Morgan fingerprint density at radius 2 is 1.58 bits per heavy atom. The molecule has 2 aliphatic heterocycles. The first kappa shape index (κ1) is 11.6. The molecule has 1 fully saturated rings. The number of piperidine rings is 1. The number of imide groups is 2. The lowest BCUT2D eigenvalue weighted by atomic mass is 10.1. The van der Waals surface area contributed by atoms with Crippen LogP contribution in [0.5, 0.6) is 0 Å². The lowest BCUT2D eigenvalue weighted by Crippen LogP contribution is -2.54. The first-order valence-corrected chi connectivity index (χ1v) is 5.90. The number of hydrogen-bond donors (Lipinski definition) is 1. The van der Waals surface area contributed by atoms with E-state index in [1.54, 1.807) is 24.3 Å². The second-order valence-electron chi connectivity index (χ2n) is 4.49. The van der Waals surface area contributed by atoms with E-state index in [0.29, 0.717) is 11.1 Å². The van der Waals surface area contributed by atoms with Crippen molar-refractivity contribution >= 4 is 23.6 Å². The zero-order chi connectivity index (χ0) is 13.6. The normalized spacial score (nSPS) is 22.5. The van der Waals surface area contributed by atoms with Crippen molar-refractivity contribution in [3.05, 3.63) is 35.4 Å². The minimum atomic E-state index is -0.898. The van der Waals surface area contributed by atoms with Crippen LogP contribution in [0.4, 0.5) is 0 Å². The SMILES string of the molecule is O=C1[13CH2][13CH2][13CH](N2C(=O)c3ccccc3C2=O)[13C](=O)N1. The van der Waals surface area contributed by atoms with Crippen molar-refractivity contribution in [3.8, 4) is 0 Å². The van der Waals surface area contributed by atoms with Crippen molar-refractivity contribution in [3.63, 3.8) is 0 Å². The maximum Gasteiger partial charge on any atom is 0.262 e. The first-order valence-electron chi connectivity index (χ1n) is 5.90. The van der Waals surface area contributed by atoms with Gasteiger partial charge in [0.05, 0.1) is 11.1 Å². The van der Waals surface area contributed by atoms with Gasteiger partial charge in [0.2, 0.25) is 11.8 Å². The quantitative estimate of drug-likeness (QED) is 0.574. The van der Waals surface area contributed by atoms with Gasteiger partial charge in [0.25, 0.3) is 11.8 Å². The maximum atomic E-state index is 12.2. The van der Waals surface area contributed by atoms with Crippen LogP contribution >= 0.6 is 0 Å². The van der Waals surface area contributed by atoms with Gasteiger partial charge in [0, 0.05) is 6.42 Å². The van der Waals surface area contributed by atoms with Gasteiger partial charge in [-0.15, -0.1) is 0 Å². The molecule has 0 aliphatic carbocycles. The van der Waals surface area contributed by atoms with Crippen LogP contribution in [0, 0.1) is 0 Å². The summed E-state index contributed by atoms with van der Waals surface area (Å²) >= 11 is 0. The third-order valence-corrected chi connectivity index (χ3v) is 3.35. The summed E-state index contributed by atoms with van der Waals surface area (Å²) in [5.41, 5.74) is 0.606. The molecule has 96 valence electrons. The molecule has 1 N–H and O–H groups in total. The Bertz CT molecular complexity index is 588. The van der Waals surface area contributed by atoms with Crippen molar-refractivity contribution in [1.82, 2.24) is 10.2 Å². The van der Waals surface area contributed by atoms with Gasteiger partial charge in [-0.05, 0) is 18.6 Å². The maximum absolute atomic E-state index is 12.2. The molecular weight excluding hydrogens is 252 g/mol. The Kier molecular flexibility index (Phi) is 2.45. The van der Waals surface area contributed by atoms with Crippen molar-refractivity contribution in [2.24, 2.45) is 0 Å². The highest BCUT2D eigenvalue weighted by Crippen LogP contribution is 2.26. The number of nitrogens with zero attached hydrogens (tertiary/aromatic N) is 1. The number of hydrogen-bond acceptors (Lipinski definition) is 4. The van der Waals surface area contributed by atoms with E-state index in [4.69, 9.17) is 0 Å². The van der Waals surface area contributed by atoms with Crippen molar-refractivity contribution < 1.29 is 19.2 Å². The van der Waals surface area contributed by atoms with Crippen LogP contribution < -0.4 is 5.32 Å². The predicted molar refractivity (Wildman–Crippen MR) is 63.1 cm³/mol. The number of benzene rings is 1. The Hall–Kier alpha value is -2.50. The molecule has 1 unspecified atom stereocenters. The molecule has 1 aromatic rings.